The fraction of sp³-hybridized carbons (Fsp3) is 0.0566. The van der Waals surface area contributed by atoms with Crippen LogP contribution in [-0.2, 0) is 5.41 Å². The number of hydrogen-bond acceptors (Lipinski definition) is 0. The second-order valence-electron chi connectivity index (χ2n) is 15.3. The molecule has 1 aliphatic rings. The monoisotopic (exact) mass is 672 g/mol. The first-order chi connectivity index (χ1) is 26.0. The highest BCUT2D eigenvalue weighted by atomic mass is 14.4. The summed E-state index contributed by atoms with van der Waals surface area (Å²) in [4.78, 5) is 0. The molecule has 0 amide bonds. The van der Waals surface area contributed by atoms with Crippen LogP contribution in [-0.4, -0.2) is 0 Å². The lowest BCUT2D eigenvalue weighted by Crippen LogP contribution is -2.14. The Labute approximate surface area is 309 Å². The summed E-state index contributed by atoms with van der Waals surface area (Å²) in [7, 11) is 0. The molecule has 10 aromatic carbocycles. The Morgan fingerprint density at radius 1 is 0.264 bits per heavy atom. The molecular weight excluding hydrogens is 637 g/mol. The van der Waals surface area contributed by atoms with E-state index in [0.29, 0.717) is 0 Å². The Morgan fingerprint density at radius 2 is 0.774 bits per heavy atom. The van der Waals surface area contributed by atoms with E-state index in [9.17, 15) is 0 Å². The minimum absolute atomic E-state index is 0.00748. The normalized spacial score (nSPS) is 13.2. The average molecular weight is 673 g/mol. The molecule has 0 N–H and O–H groups in total. The Kier molecular flexibility index (Phi) is 6.40. The lowest BCUT2D eigenvalue weighted by molar-refractivity contribution is 0.660. The van der Waals surface area contributed by atoms with Crippen molar-refractivity contribution in [2.75, 3.05) is 0 Å². The zero-order valence-electron chi connectivity index (χ0n) is 29.8. The predicted octanol–water partition coefficient (Wildman–Crippen LogP) is 14.8. The summed E-state index contributed by atoms with van der Waals surface area (Å²) in [5, 5.41) is 12.8. The van der Waals surface area contributed by atoms with Gasteiger partial charge in [-0.25, -0.2) is 0 Å². The molecular formula is C53H36. The summed E-state index contributed by atoms with van der Waals surface area (Å²) < 4.78 is 0. The number of hydrogen-bond donors (Lipinski definition) is 0. The van der Waals surface area contributed by atoms with E-state index >= 15 is 0 Å². The van der Waals surface area contributed by atoms with Crippen molar-refractivity contribution in [3.63, 3.8) is 0 Å². The van der Waals surface area contributed by atoms with Crippen LogP contribution in [0, 0.1) is 0 Å². The van der Waals surface area contributed by atoms with Gasteiger partial charge in [-0.15, -0.1) is 0 Å². The van der Waals surface area contributed by atoms with Gasteiger partial charge in [-0.2, -0.15) is 0 Å². The van der Waals surface area contributed by atoms with Gasteiger partial charge in [0, 0.05) is 5.41 Å². The third-order valence-corrected chi connectivity index (χ3v) is 12.0. The molecule has 53 heavy (non-hydrogen) atoms. The smallest absolute Gasteiger partial charge is 0.0159 e. The highest BCUT2D eigenvalue weighted by molar-refractivity contribution is 6.21. The van der Waals surface area contributed by atoms with Gasteiger partial charge in [-0.3, -0.25) is 0 Å². The van der Waals surface area contributed by atoms with Crippen LogP contribution in [0.15, 0.2) is 182 Å². The van der Waals surface area contributed by atoms with Crippen molar-refractivity contribution in [2.45, 2.75) is 19.3 Å². The van der Waals surface area contributed by atoms with Gasteiger partial charge in [-0.1, -0.05) is 159 Å². The van der Waals surface area contributed by atoms with Crippen LogP contribution in [0.2, 0.25) is 0 Å². The molecule has 0 aliphatic heterocycles. The number of fused-ring (bicyclic) bond motifs is 10. The molecule has 0 saturated heterocycles. The van der Waals surface area contributed by atoms with Crippen molar-refractivity contribution in [2.24, 2.45) is 0 Å². The van der Waals surface area contributed by atoms with Crippen molar-refractivity contribution in [1.82, 2.24) is 0 Å². The topological polar surface area (TPSA) is 0 Å². The minimum Gasteiger partial charge on any atom is -0.0619 e. The highest BCUT2D eigenvalue weighted by Gasteiger charge is 2.35. The molecule has 0 saturated carbocycles. The Bertz CT molecular complexity index is 3140. The molecule has 1 aliphatic carbocycles. The van der Waals surface area contributed by atoms with Gasteiger partial charge >= 0.3 is 0 Å². The van der Waals surface area contributed by atoms with Crippen LogP contribution in [0.5, 0.6) is 0 Å². The first-order valence-electron chi connectivity index (χ1n) is 18.7. The van der Waals surface area contributed by atoms with E-state index in [4.69, 9.17) is 0 Å². The number of rotatable bonds is 3. The van der Waals surface area contributed by atoms with Crippen LogP contribution in [0.3, 0.4) is 0 Å². The molecule has 0 spiro atoms. The van der Waals surface area contributed by atoms with Crippen molar-refractivity contribution in [3.8, 4) is 44.5 Å². The van der Waals surface area contributed by atoms with Gasteiger partial charge in [-0.05, 0) is 146 Å². The molecule has 0 bridgehead atoms. The molecule has 0 nitrogen and oxygen atoms in total. The fourth-order valence-electron chi connectivity index (χ4n) is 9.18. The molecule has 0 atom stereocenters. The van der Waals surface area contributed by atoms with Gasteiger partial charge in [0.05, 0.1) is 0 Å². The summed E-state index contributed by atoms with van der Waals surface area (Å²) in [5.74, 6) is 0. The summed E-state index contributed by atoms with van der Waals surface area (Å²) in [6.07, 6.45) is 0. The zero-order chi connectivity index (χ0) is 35.3. The maximum absolute atomic E-state index is 2.41. The van der Waals surface area contributed by atoms with E-state index in [1.165, 1.54) is 109 Å². The molecule has 0 heterocycles. The predicted molar refractivity (Wildman–Crippen MR) is 228 cm³/mol. The van der Waals surface area contributed by atoms with Gasteiger partial charge in [0.25, 0.3) is 0 Å². The van der Waals surface area contributed by atoms with Crippen molar-refractivity contribution in [1.29, 1.82) is 0 Å². The molecule has 0 radical (unpaired) electrons. The van der Waals surface area contributed by atoms with E-state index in [2.05, 4.69) is 196 Å². The van der Waals surface area contributed by atoms with E-state index in [0.717, 1.165) is 0 Å². The molecule has 0 heteroatoms. The van der Waals surface area contributed by atoms with Crippen LogP contribution >= 0.6 is 0 Å². The third-order valence-electron chi connectivity index (χ3n) is 12.0. The second kappa shape index (κ2) is 11.2. The summed E-state index contributed by atoms with van der Waals surface area (Å²) in [6, 6.07) is 68.1. The Hall–Kier alpha value is -6.50. The lowest BCUT2D eigenvalue weighted by atomic mass is 9.81. The quantitative estimate of drug-likeness (QED) is 0.164. The van der Waals surface area contributed by atoms with Crippen LogP contribution in [0.1, 0.15) is 25.0 Å². The van der Waals surface area contributed by atoms with Crippen molar-refractivity contribution >= 4 is 53.9 Å². The number of benzene rings is 10. The zero-order valence-corrected chi connectivity index (χ0v) is 29.8. The SMILES string of the molecule is CC1(C)c2ccccc2-c2ccc(-c3ccc4cc(-c5ccc6ccc(-c7cc8c9ccccc9ccc8c8ccccc78)cc6c5)ccc4c3)cc21. The van der Waals surface area contributed by atoms with E-state index in [1.807, 2.05) is 0 Å². The highest BCUT2D eigenvalue weighted by Crippen LogP contribution is 2.49. The molecule has 0 fully saturated rings. The summed E-state index contributed by atoms with van der Waals surface area (Å²) >= 11 is 0. The van der Waals surface area contributed by atoms with Crippen molar-refractivity contribution < 1.29 is 0 Å². The largest absolute Gasteiger partial charge is 0.0619 e. The van der Waals surface area contributed by atoms with Crippen LogP contribution < -0.4 is 0 Å². The molecule has 248 valence electrons. The fourth-order valence-corrected chi connectivity index (χ4v) is 9.18. The molecule has 11 rings (SSSR count). The van der Waals surface area contributed by atoms with Gasteiger partial charge < -0.3 is 0 Å². The summed E-state index contributed by atoms with van der Waals surface area (Å²) in [6.45, 7) is 4.70. The van der Waals surface area contributed by atoms with Crippen molar-refractivity contribution in [3.05, 3.63) is 193 Å². The van der Waals surface area contributed by atoms with Crippen LogP contribution in [0.25, 0.3) is 98.4 Å². The van der Waals surface area contributed by atoms with Gasteiger partial charge in [0.2, 0.25) is 0 Å². The van der Waals surface area contributed by atoms with E-state index < -0.39 is 0 Å². The van der Waals surface area contributed by atoms with Crippen LogP contribution in [0.4, 0.5) is 0 Å². The van der Waals surface area contributed by atoms with E-state index in [1.54, 1.807) is 0 Å². The molecule has 10 aromatic rings. The molecule has 0 unspecified atom stereocenters. The van der Waals surface area contributed by atoms with Gasteiger partial charge in [0.15, 0.2) is 0 Å². The first kappa shape index (κ1) is 30.2. The maximum Gasteiger partial charge on any atom is 0.0159 e. The lowest BCUT2D eigenvalue weighted by Gasteiger charge is -2.22. The standard InChI is InChI=1S/C53H36/c1-53(2)51-14-8-7-13-47(51)48-26-24-40(31-52(48)53)38-21-20-35-27-37(19-18-36(35)28-38)39-17-15-33-16-22-41(30-42(33)29-39)49-32-50-43-10-4-3-9-34(43)23-25-46(50)44-11-5-6-12-45(44)49/h3-32H,1-2H3. The first-order valence-corrected chi connectivity index (χ1v) is 18.7. The average Bonchev–Trinajstić information content (AvgIpc) is 3.44. The molecule has 0 aromatic heterocycles. The Morgan fingerprint density at radius 3 is 1.55 bits per heavy atom. The van der Waals surface area contributed by atoms with E-state index in [-0.39, 0.29) is 5.41 Å². The Balaban J connectivity index is 0.970. The maximum atomic E-state index is 2.41. The van der Waals surface area contributed by atoms with Gasteiger partial charge in [0.1, 0.15) is 0 Å². The third kappa shape index (κ3) is 4.62. The second-order valence-corrected chi connectivity index (χ2v) is 15.3. The minimum atomic E-state index is -0.00748. The summed E-state index contributed by atoms with van der Waals surface area (Å²) in [5.41, 5.74) is 13.1.